The number of benzene rings is 4. The minimum Gasteiger partial charge on any atom is -0.235 e. The second-order valence-electron chi connectivity index (χ2n) is 10.7. The first-order valence-electron chi connectivity index (χ1n) is 14.0. The van der Waals surface area contributed by atoms with Crippen LogP contribution in [0.1, 0.15) is 0 Å². The van der Waals surface area contributed by atoms with Gasteiger partial charge in [-0.25, -0.2) is 9.97 Å². The summed E-state index contributed by atoms with van der Waals surface area (Å²) in [4.78, 5) is 15.3. The van der Waals surface area contributed by atoms with Crippen molar-refractivity contribution in [3.05, 3.63) is 109 Å². The van der Waals surface area contributed by atoms with Gasteiger partial charge in [-0.1, -0.05) is 60.7 Å². The first-order valence-corrected chi connectivity index (χ1v) is 18.9. The maximum Gasteiger partial charge on any atom is 0.134 e. The van der Waals surface area contributed by atoms with Crippen molar-refractivity contribution in [3.8, 4) is 40.7 Å². The SMILES string of the molecule is c1ccc(-c2cc3sc(-c4nc5cc6cc7sc(-c8cc9sc(-c%10ccccc%10)cc9s8)nc7cc6cc5s4)cc3s2)cc1. The molecule has 6 heterocycles. The maximum absolute atomic E-state index is 5.09. The average Bonchev–Trinajstić information content (AvgIpc) is 3.88. The van der Waals surface area contributed by atoms with Crippen LogP contribution in [-0.4, -0.2) is 9.97 Å². The molecule has 0 aliphatic rings. The Kier molecular flexibility index (Phi) is 5.73. The van der Waals surface area contributed by atoms with Crippen LogP contribution in [-0.2, 0) is 0 Å². The monoisotopic (exact) mass is 670 g/mol. The van der Waals surface area contributed by atoms with Crippen molar-refractivity contribution < 1.29 is 0 Å². The van der Waals surface area contributed by atoms with Crippen molar-refractivity contribution in [2.24, 2.45) is 0 Å². The summed E-state index contributed by atoms with van der Waals surface area (Å²) >= 11 is 11.0. The predicted molar refractivity (Wildman–Crippen MR) is 199 cm³/mol. The van der Waals surface area contributed by atoms with Crippen LogP contribution in [0.4, 0.5) is 0 Å². The second-order valence-corrected chi connectivity index (χ2v) is 17.1. The van der Waals surface area contributed by atoms with Gasteiger partial charge >= 0.3 is 0 Å². The standard InChI is InChI=1S/C36H18N2S6/c1-3-7-19(8-4-1)25-15-29-31(39-25)17-33(41-29)35-37-23-11-21-14-28-24(12-22(21)13-27(23)43-35)38-36(44-28)34-18-32-30(42-34)16-26(40-32)20-9-5-2-6-10-20/h1-18H. The number of nitrogens with zero attached hydrogens (tertiary/aromatic N) is 2. The molecule has 10 aromatic rings. The lowest BCUT2D eigenvalue weighted by Gasteiger charge is -1.97. The van der Waals surface area contributed by atoms with Crippen LogP contribution in [0.3, 0.4) is 0 Å². The molecular weight excluding hydrogens is 653 g/mol. The van der Waals surface area contributed by atoms with Gasteiger partial charge in [-0.05, 0) is 70.4 Å². The third-order valence-corrected chi connectivity index (χ3v) is 14.9. The van der Waals surface area contributed by atoms with Crippen molar-refractivity contribution in [2.45, 2.75) is 0 Å². The second kappa shape index (κ2) is 9.87. The number of hydrogen-bond donors (Lipinski definition) is 0. The van der Waals surface area contributed by atoms with Gasteiger partial charge in [0.05, 0.1) is 30.2 Å². The molecule has 4 aromatic carbocycles. The molecule has 0 atom stereocenters. The molecule has 0 bridgehead atoms. The molecule has 0 radical (unpaired) electrons. The highest BCUT2D eigenvalue weighted by Crippen LogP contribution is 2.46. The highest BCUT2D eigenvalue weighted by atomic mass is 32.1. The van der Waals surface area contributed by atoms with Crippen LogP contribution in [0.25, 0.3) is 90.7 Å². The van der Waals surface area contributed by atoms with E-state index in [-0.39, 0.29) is 0 Å². The number of aromatic nitrogens is 2. The van der Waals surface area contributed by atoms with E-state index in [0.717, 1.165) is 21.0 Å². The maximum atomic E-state index is 5.09. The van der Waals surface area contributed by atoms with Crippen LogP contribution < -0.4 is 0 Å². The van der Waals surface area contributed by atoms with E-state index in [0.29, 0.717) is 0 Å². The van der Waals surface area contributed by atoms with Gasteiger partial charge in [-0.2, -0.15) is 0 Å². The Labute approximate surface area is 275 Å². The van der Waals surface area contributed by atoms with Crippen molar-refractivity contribution in [1.82, 2.24) is 9.97 Å². The van der Waals surface area contributed by atoms with Gasteiger partial charge in [0.1, 0.15) is 10.0 Å². The lowest BCUT2D eigenvalue weighted by Crippen LogP contribution is -1.76. The predicted octanol–water partition coefficient (Wildman–Crippen LogP) is 13.3. The third kappa shape index (κ3) is 4.21. The number of hydrogen-bond acceptors (Lipinski definition) is 8. The van der Waals surface area contributed by atoms with Crippen molar-refractivity contribution in [2.75, 3.05) is 0 Å². The highest BCUT2D eigenvalue weighted by Gasteiger charge is 2.16. The van der Waals surface area contributed by atoms with Crippen LogP contribution >= 0.6 is 68.0 Å². The molecule has 10 rings (SSSR count). The lowest BCUT2D eigenvalue weighted by molar-refractivity contribution is 1.50. The van der Waals surface area contributed by atoms with Gasteiger partial charge < -0.3 is 0 Å². The summed E-state index contributed by atoms with van der Waals surface area (Å²) in [6.45, 7) is 0. The molecule has 0 spiro atoms. The van der Waals surface area contributed by atoms with Gasteiger partial charge in [-0.15, -0.1) is 68.0 Å². The minimum atomic E-state index is 1.07. The summed E-state index contributed by atoms with van der Waals surface area (Å²) in [5.41, 5.74) is 4.69. The number of fused-ring (bicyclic) bond motifs is 5. The summed E-state index contributed by atoms with van der Waals surface area (Å²) in [5, 5.41) is 4.63. The third-order valence-electron chi connectivity index (χ3n) is 7.81. The average molecular weight is 671 g/mol. The Hall–Kier alpha value is -3.76. The number of rotatable bonds is 4. The molecule has 0 amide bonds. The summed E-state index contributed by atoms with van der Waals surface area (Å²) < 4.78 is 7.76. The Morgan fingerprint density at radius 1 is 0.341 bits per heavy atom. The molecule has 208 valence electrons. The van der Waals surface area contributed by atoms with Crippen molar-refractivity contribution >= 4 is 118 Å². The lowest BCUT2D eigenvalue weighted by atomic mass is 10.1. The molecule has 2 nitrogen and oxygen atoms in total. The molecule has 8 heteroatoms. The fourth-order valence-corrected chi connectivity index (χ4v) is 12.6. The zero-order valence-electron chi connectivity index (χ0n) is 22.7. The van der Waals surface area contributed by atoms with Gasteiger partial charge in [0.25, 0.3) is 0 Å². The molecule has 0 unspecified atom stereocenters. The van der Waals surface area contributed by atoms with Crippen LogP contribution in [0.2, 0.25) is 0 Å². The Morgan fingerprint density at radius 3 is 1.16 bits per heavy atom. The van der Waals surface area contributed by atoms with Crippen LogP contribution in [0, 0.1) is 0 Å². The Balaban J connectivity index is 0.982. The van der Waals surface area contributed by atoms with E-state index in [4.69, 9.17) is 9.97 Å². The van der Waals surface area contributed by atoms with E-state index in [1.54, 1.807) is 22.7 Å². The molecule has 0 N–H and O–H groups in total. The van der Waals surface area contributed by atoms with Gasteiger partial charge in [0.15, 0.2) is 0 Å². The normalized spacial score (nSPS) is 12.1. The van der Waals surface area contributed by atoms with E-state index in [2.05, 4.69) is 109 Å². The highest BCUT2D eigenvalue weighted by molar-refractivity contribution is 7.33. The summed E-state index contributed by atoms with van der Waals surface area (Å²) in [6, 6.07) is 39.6. The van der Waals surface area contributed by atoms with E-state index in [1.807, 2.05) is 45.3 Å². The largest absolute Gasteiger partial charge is 0.235 e. The summed E-state index contributed by atoms with van der Waals surface area (Å²) in [6.07, 6.45) is 0. The minimum absolute atomic E-state index is 1.07. The Bertz CT molecular complexity index is 2350. The topological polar surface area (TPSA) is 25.8 Å². The fourth-order valence-electron chi connectivity index (χ4n) is 5.68. The van der Waals surface area contributed by atoms with Crippen LogP contribution in [0.15, 0.2) is 109 Å². The smallest absolute Gasteiger partial charge is 0.134 e. The quantitative estimate of drug-likeness (QED) is 0.186. The molecule has 6 aromatic heterocycles. The molecule has 0 saturated heterocycles. The first-order chi connectivity index (χ1) is 21.7. The Morgan fingerprint density at radius 2 is 0.727 bits per heavy atom. The van der Waals surface area contributed by atoms with Crippen molar-refractivity contribution in [1.29, 1.82) is 0 Å². The van der Waals surface area contributed by atoms with Gasteiger partial charge in [0.2, 0.25) is 0 Å². The van der Waals surface area contributed by atoms with Gasteiger partial charge in [-0.3, -0.25) is 0 Å². The van der Waals surface area contributed by atoms with E-state index in [9.17, 15) is 0 Å². The summed E-state index contributed by atoms with van der Waals surface area (Å²) in [7, 11) is 0. The zero-order valence-corrected chi connectivity index (χ0v) is 27.6. The van der Waals surface area contributed by atoms with Crippen molar-refractivity contribution in [3.63, 3.8) is 0 Å². The first kappa shape index (κ1) is 25.6. The fraction of sp³-hybridized carbons (Fsp3) is 0. The van der Waals surface area contributed by atoms with E-state index in [1.165, 1.54) is 69.6 Å². The number of thiazole rings is 2. The molecule has 44 heavy (non-hydrogen) atoms. The summed E-state index contributed by atoms with van der Waals surface area (Å²) in [5.74, 6) is 0. The molecular formula is C36H18N2S6. The zero-order chi connectivity index (χ0) is 28.8. The van der Waals surface area contributed by atoms with E-state index < -0.39 is 0 Å². The van der Waals surface area contributed by atoms with Gasteiger partial charge in [0, 0.05) is 28.6 Å². The van der Waals surface area contributed by atoms with Crippen LogP contribution in [0.5, 0.6) is 0 Å². The van der Waals surface area contributed by atoms with E-state index >= 15 is 0 Å². The molecule has 0 saturated carbocycles. The molecule has 0 aliphatic heterocycles. The number of thiophene rings is 4. The molecule has 0 fully saturated rings. The molecule has 0 aliphatic carbocycles.